The van der Waals surface area contributed by atoms with E-state index < -0.39 is 0 Å². The van der Waals surface area contributed by atoms with Crippen LogP contribution in [0.15, 0.2) is 36.4 Å². The Labute approximate surface area is 151 Å². The van der Waals surface area contributed by atoms with Gasteiger partial charge in [-0.3, -0.25) is 9.59 Å². The molecule has 0 spiro atoms. The molecule has 0 aliphatic heterocycles. The summed E-state index contributed by atoms with van der Waals surface area (Å²) >= 11 is 12.0. The third-order valence-corrected chi connectivity index (χ3v) is 4.48. The van der Waals surface area contributed by atoms with Crippen molar-refractivity contribution in [3.63, 3.8) is 0 Å². The van der Waals surface area contributed by atoms with Gasteiger partial charge in [-0.2, -0.15) is 0 Å². The lowest BCUT2D eigenvalue weighted by molar-refractivity contribution is -0.121. The topological polar surface area (TPSA) is 58.2 Å². The predicted octanol–water partition coefficient (Wildman–Crippen LogP) is 4.97. The second-order valence-electron chi connectivity index (χ2n) is 5.42. The van der Waals surface area contributed by atoms with Gasteiger partial charge >= 0.3 is 0 Å². The van der Waals surface area contributed by atoms with Gasteiger partial charge in [-0.15, -0.1) is 0 Å². The smallest absolute Gasteiger partial charge is 0.224 e. The van der Waals surface area contributed by atoms with Gasteiger partial charge in [0, 0.05) is 34.3 Å². The zero-order valence-electron chi connectivity index (χ0n) is 13.5. The summed E-state index contributed by atoms with van der Waals surface area (Å²) in [5, 5.41) is 6.70. The highest BCUT2D eigenvalue weighted by Crippen LogP contribution is 2.24. The summed E-state index contributed by atoms with van der Waals surface area (Å²) in [6.07, 6.45) is 0.162. The Balaban J connectivity index is 1.88. The highest BCUT2D eigenvalue weighted by atomic mass is 35.5. The first-order chi connectivity index (χ1) is 11.4. The van der Waals surface area contributed by atoms with E-state index in [-0.39, 0.29) is 24.7 Å². The van der Waals surface area contributed by atoms with Crippen LogP contribution < -0.4 is 10.6 Å². The van der Waals surface area contributed by atoms with Crippen molar-refractivity contribution in [3.8, 4) is 0 Å². The normalized spacial score (nSPS) is 10.3. The van der Waals surface area contributed by atoms with Crippen molar-refractivity contribution in [2.24, 2.45) is 0 Å². The quantitative estimate of drug-likeness (QED) is 0.786. The van der Waals surface area contributed by atoms with E-state index in [0.717, 1.165) is 11.1 Å². The number of amides is 2. The fraction of sp³-hybridized carbons (Fsp3) is 0.222. The summed E-state index contributed by atoms with van der Waals surface area (Å²) in [5.74, 6) is -0.475. The number of hydrogen-bond acceptors (Lipinski definition) is 2. The van der Waals surface area contributed by atoms with Gasteiger partial charge in [0.05, 0.1) is 0 Å². The van der Waals surface area contributed by atoms with Gasteiger partial charge in [0.15, 0.2) is 0 Å². The molecular formula is C18H18Cl2N2O2. The minimum Gasteiger partial charge on any atom is -0.326 e. The Morgan fingerprint density at radius 2 is 1.17 bits per heavy atom. The van der Waals surface area contributed by atoms with Gasteiger partial charge in [0.2, 0.25) is 11.8 Å². The average molecular weight is 365 g/mol. The Morgan fingerprint density at radius 1 is 0.792 bits per heavy atom. The molecule has 2 rings (SSSR count). The molecule has 6 heteroatoms. The van der Waals surface area contributed by atoms with Crippen LogP contribution in [0.2, 0.25) is 10.0 Å². The van der Waals surface area contributed by atoms with Gasteiger partial charge in [-0.05, 0) is 49.2 Å². The SMILES string of the molecule is Cc1c(Cl)cccc1NC(=O)CCC(=O)Nc1cccc(Cl)c1C. The van der Waals surface area contributed by atoms with E-state index >= 15 is 0 Å². The van der Waals surface area contributed by atoms with E-state index in [0.29, 0.717) is 21.4 Å². The minimum atomic E-state index is -0.238. The molecular weight excluding hydrogens is 347 g/mol. The van der Waals surface area contributed by atoms with Crippen molar-refractivity contribution in [2.75, 3.05) is 10.6 Å². The van der Waals surface area contributed by atoms with Crippen LogP contribution in [0.4, 0.5) is 11.4 Å². The number of carbonyl (C=O) groups is 2. The predicted molar refractivity (Wildman–Crippen MR) is 98.9 cm³/mol. The van der Waals surface area contributed by atoms with Crippen LogP contribution in [0, 0.1) is 13.8 Å². The first kappa shape index (κ1) is 18.3. The van der Waals surface area contributed by atoms with Crippen LogP contribution in [0.5, 0.6) is 0 Å². The van der Waals surface area contributed by atoms with Crippen molar-refractivity contribution in [3.05, 3.63) is 57.6 Å². The lowest BCUT2D eigenvalue weighted by Crippen LogP contribution is -2.18. The summed E-state index contributed by atoms with van der Waals surface area (Å²) < 4.78 is 0. The van der Waals surface area contributed by atoms with Crippen LogP contribution >= 0.6 is 23.2 Å². The van der Waals surface area contributed by atoms with Crippen molar-refractivity contribution in [2.45, 2.75) is 26.7 Å². The number of carbonyl (C=O) groups excluding carboxylic acids is 2. The largest absolute Gasteiger partial charge is 0.326 e. The van der Waals surface area contributed by atoms with Crippen molar-refractivity contribution < 1.29 is 9.59 Å². The standard InChI is InChI=1S/C18H18Cl2N2O2/c1-11-13(19)5-3-7-15(11)21-17(23)9-10-18(24)22-16-8-4-6-14(20)12(16)2/h3-8H,9-10H2,1-2H3,(H,21,23)(H,22,24). The van der Waals surface area contributed by atoms with Gasteiger partial charge in [0.1, 0.15) is 0 Å². The molecule has 2 aromatic carbocycles. The monoisotopic (exact) mass is 364 g/mol. The lowest BCUT2D eigenvalue weighted by atomic mass is 10.1. The highest BCUT2D eigenvalue weighted by molar-refractivity contribution is 6.32. The maximum Gasteiger partial charge on any atom is 0.224 e. The molecule has 0 fully saturated rings. The van der Waals surface area contributed by atoms with Crippen molar-refractivity contribution >= 4 is 46.4 Å². The average Bonchev–Trinajstić information content (AvgIpc) is 2.54. The third kappa shape index (κ3) is 4.73. The molecule has 0 aliphatic carbocycles. The van der Waals surface area contributed by atoms with Gasteiger partial charge in [-0.25, -0.2) is 0 Å². The molecule has 2 N–H and O–H groups in total. The molecule has 24 heavy (non-hydrogen) atoms. The Hall–Kier alpha value is -2.04. The molecule has 0 aromatic heterocycles. The molecule has 0 saturated carbocycles. The molecule has 0 radical (unpaired) electrons. The number of anilines is 2. The number of rotatable bonds is 5. The summed E-state index contributed by atoms with van der Waals surface area (Å²) in [4.78, 5) is 24.0. The van der Waals surface area contributed by atoms with Crippen LogP contribution in [0.25, 0.3) is 0 Å². The van der Waals surface area contributed by atoms with E-state index in [4.69, 9.17) is 23.2 Å². The van der Waals surface area contributed by atoms with E-state index in [1.807, 2.05) is 13.8 Å². The molecule has 2 amide bonds. The van der Waals surface area contributed by atoms with Gasteiger partial charge in [-0.1, -0.05) is 35.3 Å². The number of benzene rings is 2. The summed E-state index contributed by atoms with van der Waals surface area (Å²) in [5.41, 5.74) is 2.90. The first-order valence-electron chi connectivity index (χ1n) is 7.48. The summed E-state index contributed by atoms with van der Waals surface area (Å²) in [7, 11) is 0. The lowest BCUT2D eigenvalue weighted by Gasteiger charge is -2.11. The maximum atomic E-state index is 12.0. The van der Waals surface area contributed by atoms with Gasteiger partial charge in [0.25, 0.3) is 0 Å². The highest BCUT2D eigenvalue weighted by Gasteiger charge is 2.11. The second kappa shape index (κ2) is 8.18. The van der Waals surface area contributed by atoms with E-state index in [1.165, 1.54) is 0 Å². The Morgan fingerprint density at radius 3 is 1.54 bits per heavy atom. The zero-order valence-corrected chi connectivity index (χ0v) is 15.0. The molecule has 0 heterocycles. The molecule has 0 aliphatic rings. The van der Waals surface area contributed by atoms with Crippen molar-refractivity contribution in [1.29, 1.82) is 0 Å². The summed E-state index contributed by atoms with van der Waals surface area (Å²) in [6.45, 7) is 3.65. The number of nitrogens with one attached hydrogen (secondary N) is 2. The maximum absolute atomic E-state index is 12.0. The molecule has 4 nitrogen and oxygen atoms in total. The van der Waals surface area contributed by atoms with Crippen molar-refractivity contribution in [1.82, 2.24) is 0 Å². The van der Waals surface area contributed by atoms with E-state index in [2.05, 4.69) is 10.6 Å². The molecule has 0 bridgehead atoms. The van der Waals surface area contributed by atoms with Crippen LogP contribution in [0.3, 0.4) is 0 Å². The molecule has 0 saturated heterocycles. The Kier molecular flexibility index (Phi) is 6.23. The van der Waals surface area contributed by atoms with E-state index in [9.17, 15) is 9.59 Å². The first-order valence-corrected chi connectivity index (χ1v) is 8.24. The molecule has 0 atom stereocenters. The molecule has 2 aromatic rings. The van der Waals surface area contributed by atoms with Gasteiger partial charge < -0.3 is 10.6 Å². The molecule has 126 valence electrons. The van der Waals surface area contributed by atoms with Crippen LogP contribution in [0.1, 0.15) is 24.0 Å². The van der Waals surface area contributed by atoms with Crippen LogP contribution in [-0.4, -0.2) is 11.8 Å². The fourth-order valence-corrected chi connectivity index (χ4v) is 2.49. The molecule has 0 unspecified atom stereocenters. The Bertz CT molecular complexity index is 710. The minimum absolute atomic E-state index is 0.0808. The fourth-order valence-electron chi connectivity index (χ4n) is 2.14. The number of halogens is 2. The van der Waals surface area contributed by atoms with E-state index in [1.54, 1.807) is 36.4 Å². The third-order valence-electron chi connectivity index (χ3n) is 3.66. The summed E-state index contributed by atoms with van der Waals surface area (Å²) in [6, 6.07) is 10.6. The zero-order chi connectivity index (χ0) is 17.7. The second-order valence-corrected chi connectivity index (χ2v) is 6.24. The van der Waals surface area contributed by atoms with Crippen LogP contribution in [-0.2, 0) is 9.59 Å². The number of hydrogen-bond donors (Lipinski definition) is 2.